The number of halogens is 1. The van der Waals surface area contributed by atoms with Gasteiger partial charge in [0.2, 0.25) is 0 Å². The topological polar surface area (TPSA) is 560 Å². The van der Waals surface area contributed by atoms with E-state index in [1.165, 1.54) is 30.7 Å². The fraction of sp³-hybridized carbons (Fsp3) is 0.0208. The van der Waals surface area contributed by atoms with Gasteiger partial charge in [0.15, 0.2) is 17.1 Å². The molecule has 0 aliphatic heterocycles. The van der Waals surface area contributed by atoms with Gasteiger partial charge in [-0.2, -0.15) is 8.42 Å². The summed E-state index contributed by atoms with van der Waals surface area (Å²) in [7, 11) is -4.67. The van der Waals surface area contributed by atoms with Crippen LogP contribution in [-0.4, -0.2) is 106 Å². The number of ketones is 2. The second-order valence-corrected chi connectivity index (χ2v) is 29.6. The van der Waals surface area contributed by atoms with E-state index in [1.807, 2.05) is 212 Å². The third-order valence-corrected chi connectivity index (χ3v) is 19.6. The van der Waals surface area contributed by atoms with Crippen molar-refractivity contribution in [2.45, 2.75) is 12.8 Å². The summed E-state index contributed by atoms with van der Waals surface area (Å²) < 4.78 is 31.6. The van der Waals surface area contributed by atoms with Gasteiger partial charge in [-0.25, -0.2) is 39.5 Å². The molecule has 0 unspecified atom stereocenters. The van der Waals surface area contributed by atoms with Gasteiger partial charge in [-0.15, -0.1) is 0 Å². The summed E-state index contributed by atoms with van der Waals surface area (Å²) in [5.41, 5.74) is 32.3. The molecule has 10 heterocycles. The SMILES string of the molecule is Nc1c(CC(=O)c2cccc3ccc(Nc4ccccc4)nc23)cc[nH]c1=O.Nc1cc[nH]c(=O)c1CC(=O)c1cccc2ccc(Nc3ccccc3)nc12.Nc1cc[nH]c(=O)c1N.O=C(O)c1cccc2ccc(Cl)nc12.O=C(O)c1cccc2ccc(Nc3ccccc3)nc12.O=S(=O)(O)O.O=c1[nH]ccc2[nH]c(-c3cccc4ccc(Nc5ccccc5)nc34)nc12.[H-].[Na+]. The number of aromatic amines is 5. The first-order valence-corrected chi connectivity index (χ1v) is 41.3. The van der Waals surface area contributed by atoms with Crippen molar-refractivity contribution in [1.82, 2.24) is 54.8 Å². The average Bonchev–Trinajstić information content (AvgIpc) is 1.65. The van der Waals surface area contributed by atoms with Crippen LogP contribution >= 0.6 is 11.6 Å². The number of nitrogens with two attached hydrogens (primary N) is 4. The van der Waals surface area contributed by atoms with Crippen molar-refractivity contribution < 1.29 is 77.9 Å². The molecule has 19 aromatic rings. The predicted octanol–water partition coefficient (Wildman–Crippen LogP) is 13.8. The quantitative estimate of drug-likeness (QED) is 0.0174. The second kappa shape index (κ2) is 44.0. The van der Waals surface area contributed by atoms with Crippen molar-refractivity contribution in [1.29, 1.82) is 0 Å². The van der Waals surface area contributed by atoms with Crippen LogP contribution in [0.5, 0.6) is 0 Å². The van der Waals surface area contributed by atoms with E-state index in [2.05, 4.69) is 71.1 Å². The van der Waals surface area contributed by atoms with Crippen LogP contribution in [0.3, 0.4) is 0 Å². The van der Waals surface area contributed by atoms with E-state index >= 15 is 0 Å². The minimum atomic E-state index is -4.67. The summed E-state index contributed by atoms with van der Waals surface area (Å²) >= 11 is 5.69. The Labute approximate surface area is 777 Å². The number of aromatic carboxylic acids is 2. The maximum atomic E-state index is 12.9. The first-order chi connectivity index (χ1) is 63.1. The van der Waals surface area contributed by atoms with Crippen molar-refractivity contribution in [2.75, 3.05) is 44.2 Å². The Balaban J connectivity index is 0.000000156. The molecule has 0 bridgehead atoms. The van der Waals surface area contributed by atoms with Gasteiger partial charge in [-0.05, 0) is 169 Å². The zero-order chi connectivity index (χ0) is 92.7. The molecule has 0 saturated heterocycles. The minimum Gasteiger partial charge on any atom is -1.00 e. The maximum absolute atomic E-state index is 12.9. The molecule has 132 heavy (non-hydrogen) atoms. The van der Waals surface area contributed by atoms with Gasteiger partial charge >= 0.3 is 51.9 Å². The fourth-order valence-electron chi connectivity index (χ4n) is 13.2. The Morgan fingerprint density at radius 1 is 0.348 bits per heavy atom. The van der Waals surface area contributed by atoms with Crippen LogP contribution in [-0.2, 0) is 23.2 Å². The number of benzene rings is 9. The van der Waals surface area contributed by atoms with Crippen LogP contribution in [0.25, 0.3) is 76.9 Å². The van der Waals surface area contributed by atoms with Gasteiger partial charge in [0.25, 0.3) is 22.2 Å². The van der Waals surface area contributed by atoms with Gasteiger partial charge in [0, 0.05) is 115 Å². The van der Waals surface area contributed by atoms with Crippen molar-refractivity contribution in [3.05, 3.63) is 402 Å². The number of H-pyrrole nitrogens is 5. The minimum absolute atomic E-state index is 0. The van der Waals surface area contributed by atoms with Gasteiger partial charge in [-0.1, -0.05) is 145 Å². The van der Waals surface area contributed by atoms with Crippen LogP contribution in [0.15, 0.2) is 341 Å². The predicted molar refractivity (Wildman–Crippen MR) is 512 cm³/mol. The van der Waals surface area contributed by atoms with Crippen LogP contribution in [0, 0.1) is 0 Å². The van der Waals surface area contributed by atoms with Crippen molar-refractivity contribution in [2.24, 2.45) is 0 Å². The molecule has 19 rings (SSSR count). The third kappa shape index (κ3) is 25.1. The van der Waals surface area contributed by atoms with Crippen molar-refractivity contribution in [3.63, 3.8) is 0 Å². The molecule has 0 fully saturated rings. The molecule has 0 spiro atoms. The number of hydrogen-bond acceptors (Lipinski definition) is 24. The van der Waals surface area contributed by atoms with Crippen LogP contribution in [0.2, 0.25) is 5.15 Å². The number of aromatic nitrogens is 11. The smallest absolute Gasteiger partial charge is 1.00 e. The van der Waals surface area contributed by atoms with Crippen molar-refractivity contribution in [3.8, 4) is 11.4 Å². The molecule has 0 radical (unpaired) electrons. The number of hydrogen-bond donors (Lipinski definition) is 17. The summed E-state index contributed by atoms with van der Waals surface area (Å²) in [6, 6.07) is 91.0. The number of nitrogen functional groups attached to an aromatic ring is 4. The van der Waals surface area contributed by atoms with Gasteiger partial charge in [0.05, 0.1) is 49.9 Å². The Hall–Kier alpha value is -16.9. The Morgan fingerprint density at radius 2 is 0.689 bits per heavy atom. The fourth-order valence-corrected chi connectivity index (χ4v) is 13.3. The number of rotatable bonds is 17. The summed E-state index contributed by atoms with van der Waals surface area (Å²) in [6.45, 7) is 0. The number of carboxylic acids is 2. The normalized spacial score (nSPS) is 10.6. The first kappa shape index (κ1) is 94.3. The van der Waals surface area contributed by atoms with Crippen LogP contribution in [0.4, 0.5) is 68.8 Å². The van der Waals surface area contributed by atoms with E-state index < -0.39 is 27.9 Å². The molecule has 33 nitrogen and oxygen atoms in total. The number of Topliss-reactive ketones (excluding diaryl/α,β-unsaturated/α-hetero) is 2. The molecular weight excluding hydrogens is 1730 g/mol. The number of anilines is 12. The van der Waals surface area contributed by atoms with Crippen molar-refractivity contribution >= 4 is 180 Å². The number of pyridine rings is 9. The zero-order valence-electron chi connectivity index (χ0n) is 70.7. The van der Waals surface area contributed by atoms with Crippen LogP contribution < -0.4 is 96.0 Å². The second-order valence-electron chi connectivity index (χ2n) is 28.3. The summed E-state index contributed by atoms with van der Waals surface area (Å²) in [6.07, 6.45) is 5.97. The molecule has 21 N–H and O–H groups in total. The van der Waals surface area contributed by atoms with E-state index in [0.717, 1.165) is 66.6 Å². The molecule has 0 saturated carbocycles. The molecule has 36 heteroatoms. The molecule has 656 valence electrons. The molecule has 9 aromatic carbocycles. The number of carbonyl (C=O) groups excluding carboxylic acids is 2. The first-order valence-electron chi connectivity index (χ1n) is 39.5. The van der Waals surface area contributed by atoms with E-state index in [9.17, 15) is 43.5 Å². The molecule has 0 aliphatic rings. The Kier molecular flexibility index (Phi) is 31.5. The molecular formula is C96H79ClN19NaO14S. The average molecular weight is 1810 g/mol. The van der Waals surface area contributed by atoms with Gasteiger partial charge < -0.3 is 80.8 Å². The molecule has 0 atom stereocenters. The van der Waals surface area contributed by atoms with Gasteiger partial charge in [-0.3, -0.25) is 37.9 Å². The number of carboxylic acid groups (broad SMARTS) is 2. The van der Waals surface area contributed by atoms with E-state index in [1.54, 1.807) is 79.0 Å². The molecule has 0 amide bonds. The van der Waals surface area contributed by atoms with E-state index in [4.69, 9.17) is 62.1 Å². The largest absolute Gasteiger partial charge is 1.00 e. The number of nitrogens with zero attached hydrogens (tertiary/aromatic N) is 6. The summed E-state index contributed by atoms with van der Waals surface area (Å²) in [5, 5.41) is 35.6. The standard InChI is InChI=1S/2C22H18N4O2.C21H15N5O.C16H12N2O2.C10H6ClNO2.C5H7N3O.Na.H2O4S.H/c23-20-15(11-12-24-22(20)28)13-18(27)17-8-4-5-14-9-10-19(26-21(14)17)25-16-6-2-1-3-7-16;23-18-11-12-24-22(28)17(18)13-19(27)16-8-4-5-14-9-10-20(26-21(14)16)25-15-6-2-1-3-7-15;27-21-19-16(11-12-22-21)24-20(26-19)15-8-4-5-13-9-10-17(25-18(13)15)23-14-6-2-1-3-7-14;19-16(20)13-8-4-5-11-9-10-14(18-15(11)13)17-12-6-2-1-3-7-12;11-8-5-4-6-2-1-3-7(10(13)14)9(6)12-8;6-3-1-2-8-5(9)4(3)7;;1-5(2,3)4;/h1-12H,13,23H2,(H,24,28)(H,25,26);1-12H,13H2,(H,25,26)(H3,23,24,28);1-12H,(H,22,27)(H,23,25)(H,24,26);1-10H,(H,17,18)(H,19,20);1-5H,(H,13,14);1-2H,7H2,(H3,6,8,9);;(H2,1,2,3,4);/q;;;;;;+1;;-1. The Morgan fingerprint density at radius 3 is 1.10 bits per heavy atom. The number of carbonyl (C=O) groups is 4. The monoisotopic (exact) mass is 1810 g/mol. The van der Waals surface area contributed by atoms with Crippen LogP contribution in [0.1, 0.15) is 54.0 Å². The Bertz CT molecular complexity index is 7800. The van der Waals surface area contributed by atoms with E-state index in [-0.39, 0.29) is 100 Å². The maximum Gasteiger partial charge on any atom is 1.00 e. The molecule has 10 aromatic heterocycles. The molecule has 0 aliphatic carbocycles. The number of fused-ring (bicyclic) bond motifs is 6. The number of para-hydroxylation sites is 9. The summed E-state index contributed by atoms with van der Waals surface area (Å²) in [4.78, 5) is 134. The summed E-state index contributed by atoms with van der Waals surface area (Å²) in [5.74, 6) is 0.950. The van der Waals surface area contributed by atoms with Gasteiger partial charge in [0.1, 0.15) is 45.6 Å². The number of imidazole rings is 1. The number of nitrogens with one attached hydrogen (secondary N) is 9. The van der Waals surface area contributed by atoms with E-state index in [0.29, 0.717) is 89.6 Å². The zero-order valence-corrected chi connectivity index (χ0v) is 73.2. The third-order valence-electron chi connectivity index (χ3n) is 19.4.